The van der Waals surface area contributed by atoms with Gasteiger partial charge in [0.25, 0.3) is 0 Å². The van der Waals surface area contributed by atoms with E-state index in [1.165, 1.54) is 16.7 Å². The third kappa shape index (κ3) is 2.39. The van der Waals surface area contributed by atoms with E-state index >= 15 is 0 Å². The van der Waals surface area contributed by atoms with Gasteiger partial charge in [-0.1, -0.05) is 0 Å². The zero-order valence-electron chi connectivity index (χ0n) is 8.85. The number of rotatable bonds is 2. The number of hydrogen-bond acceptors (Lipinski definition) is 0. The molecule has 2 aromatic carbocycles. The van der Waals surface area contributed by atoms with E-state index < -0.39 is 0 Å². The van der Waals surface area contributed by atoms with Crippen molar-refractivity contribution >= 4 is 22.1 Å². The molecule has 0 heterocycles. The van der Waals surface area contributed by atoms with Gasteiger partial charge in [0.1, 0.15) is 0 Å². The quantitative estimate of drug-likeness (QED) is 0.723. The molecule has 0 aliphatic carbocycles. The SMILES string of the molecule is [GeH3][CH]=C(c1ccccc1)c1ccccc1. The molecule has 0 spiro atoms. The summed E-state index contributed by atoms with van der Waals surface area (Å²) in [6.45, 7) is 0. The van der Waals surface area contributed by atoms with Gasteiger partial charge in [-0.15, -0.1) is 0 Å². The predicted octanol–water partition coefficient (Wildman–Crippen LogP) is 2.44. The van der Waals surface area contributed by atoms with Crippen LogP contribution in [0.25, 0.3) is 5.57 Å². The maximum absolute atomic E-state index is 2.34. The Bertz CT molecular complexity index is 402. The Labute approximate surface area is 98.9 Å². The van der Waals surface area contributed by atoms with Crippen LogP contribution in [0.2, 0.25) is 0 Å². The fourth-order valence-electron chi connectivity index (χ4n) is 1.74. The first-order valence-corrected chi connectivity index (χ1v) is 7.61. The summed E-state index contributed by atoms with van der Waals surface area (Å²) in [4.78, 5) is 2.34. The van der Waals surface area contributed by atoms with Gasteiger partial charge in [0.15, 0.2) is 0 Å². The van der Waals surface area contributed by atoms with E-state index in [1.807, 2.05) is 0 Å². The molecule has 0 radical (unpaired) electrons. The number of benzene rings is 2. The number of hydrogen-bond donors (Lipinski definition) is 0. The fourth-order valence-corrected chi connectivity index (χ4v) is 3.13. The molecule has 0 bridgehead atoms. The summed E-state index contributed by atoms with van der Waals surface area (Å²) in [5.74, 6) is 0. The normalized spacial score (nSPS) is 9.87. The molecule has 0 saturated heterocycles. The molecule has 0 saturated carbocycles. The third-order valence-corrected chi connectivity index (χ3v) is 3.67. The molecule has 0 aliphatic heterocycles. The van der Waals surface area contributed by atoms with E-state index in [9.17, 15) is 0 Å². The Balaban J connectivity index is 2.44. The fraction of sp³-hybridized carbons (Fsp3) is 0. The van der Waals surface area contributed by atoms with Crippen LogP contribution in [0, 0.1) is 0 Å². The third-order valence-electron chi connectivity index (χ3n) is 2.46. The van der Waals surface area contributed by atoms with E-state index in [0.717, 1.165) is 16.5 Å². The molecule has 0 aromatic heterocycles. The molecule has 0 aliphatic rings. The van der Waals surface area contributed by atoms with Crippen molar-refractivity contribution < 1.29 is 0 Å². The van der Waals surface area contributed by atoms with Crippen LogP contribution in [0.3, 0.4) is 0 Å². The summed E-state index contributed by atoms with van der Waals surface area (Å²) in [7, 11) is 0. The molecule has 0 nitrogen and oxygen atoms in total. The average Bonchev–Trinajstić information content (AvgIpc) is 2.33. The van der Waals surface area contributed by atoms with Crippen LogP contribution in [0.1, 0.15) is 11.1 Å². The van der Waals surface area contributed by atoms with Gasteiger partial charge < -0.3 is 0 Å². The van der Waals surface area contributed by atoms with Crippen LogP contribution >= 0.6 is 0 Å². The predicted molar refractivity (Wildman–Crippen MR) is 69.9 cm³/mol. The molecule has 74 valence electrons. The van der Waals surface area contributed by atoms with Crippen LogP contribution in [0.4, 0.5) is 0 Å². The first-order chi connectivity index (χ1) is 7.42. The van der Waals surface area contributed by atoms with Crippen LogP contribution in [0.15, 0.2) is 65.6 Å². The summed E-state index contributed by atoms with van der Waals surface area (Å²) >= 11 is 0.730. The van der Waals surface area contributed by atoms with E-state index in [-0.39, 0.29) is 0 Å². The molecular formula is C14H14Ge. The second-order valence-electron chi connectivity index (χ2n) is 3.43. The molecule has 15 heavy (non-hydrogen) atoms. The van der Waals surface area contributed by atoms with Crippen molar-refractivity contribution in [2.45, 2.75) is 0 Å². The van der Waals surface area contributed by atoms with Crippen molar-refractivity contribution in [2.75, 3.05) is 0 Å². The summed E-state index contributed by atoms with van der Waals surface area (Å²) in [6, 6.07) is 21.2. The molecule has 1 heteroatoms. The van der Waals surface area contributed by atoms with Crippen LogP contribution in [0.5, 0.6) is 0 Å². The minimum atomic E-state index is 0.730. The van der Waals surface area contributed by atoms with Gasteiger partial charge in [0.05, 0.1) is 0 Å². The summed E-state index contributed by atoms with van der Waals surface area (Å²) in [5.41, 5.74) is 4.00. The van der Waals surface area contributed by atoms with E-state index in [0.29, 0.717) is 0 Å². The second kappa shape index (κ2) is 4.99. The maximum atomic E-state index is 2.34. The topological polar surface area (TPSA) is 0 Å². The van der Waals surface area contributed by atoms with Crippen molar-refractivity contribution in [2.24, 2.45) is 0 Å². The molecule has 0 fully saturated rings. The monoisotopic (exact) mass is 256 g/mol. The Kier molecular flexibility index (Phi) is 3.41. The van der Waals surface area contributed by atoms with Crippen molar-refractivity contribution in [3.05, 3.63) is 76.7 Å². The van der Waals surface area contributed by atoms with Crippen LogP contribution in [-0.4, -0.2) is 16.5 Å². The standard InChI is InChI=1S/C14H14Ge/c15-11-14(12-7-3-1-4-8-12)13-9-5-2-6-10-13/h1-11H,15H3. The average molecular weight is 255 g/mol. The Morgan fingerprint density at radius 2 is 1.13 bits per heavy atom. The molecule has 0 amide bonds. The zero-order valence-corrected chi connectivity index (χ0v) is 13.0. The molecule has 2 rings (SSSR count). The molecule has 0 unspecified atom stereocenters. The first kappa shape index (κ1) is 10.2. The van der Waals surface area contributed by atoms with E-state index in [4.69, 9.17) is 0 Å². The Hall–Kier alpha value is -1.28. The van der Waals surface area contributed by atoms with Crippen LogP contribution < -0.4 is 0 Å². The summed E-state index contributed by atoms with van der Waals surface area (Å²) < 4.78 is 0. The summed E-state index contributed by atoms with van der Waals surface area (Å²) in [5, 5.41) is 0. The molecular weight excluding hydrogens is 241 g/mol. The van der Waals surface area contributed by atoms with Crippen LogP contribution in [-0.2, 0) is 0 Å². The molecule has 2 aromatic rings. The Morgan fingerprint density at radius 1 is 0.733 bits per heavy atom. The van der Waals surface area contributed by atoms with Gasteiger partial charge in [-0.2, -0.15) is 0 Å². The van der Waals surface area contributed by atoms with Gasteiger partial charge in [-0.05, 0) is 0 Å². The van der Waals surface area contributed by atoms with E-state index in [2.05, 4.69) is 65.6 Å². The minimum absolute atomic E-state index is 0.730. The molecule has 0 N–H and O–H groups in total. The molecule has 0 atom stereocenters. The first-order valence-electron chi connectivity index (χ1n) is 5.19. The van der Waals surface area contributed by atoms with Crippen molar-refractivity contribution in [3.63, 3.8) is 0 Å². The second-order valence-corrected chi connectivity index (χ2v) is 4.65. The van der Waals surface area contributed by atoms with Gasteiger partial charge in [0.2, 0.25) is 0 Å². The van der Waals surface area contributed by atoms with E-state index in [1.54, 1.807) is 0 Å². The van der Waals surface area contributed by atoms with Gasteiger partial charge in [-0.25, -0.2) is 0 Å². The van der Waals surface area contributed by atoms with Gasteiger partial charge >= 0.3 is 98.8 Å². The van der Waals surface area contributed by atoms with Crippen molar-refractivity contribution in [1.29, 1.82) is 0 Å². The van der Waals surface area contributed by atoms with Crippen molar-refractivity contribution in [3.8, 4) is 0 Å². The van der Waals surface area contributed by atoms with Gasteiger partial charge in [0, 0.05) is 0 Å². The summed E-state index contributed by atoms with van der Waals surface area (Å²) in [6.07, 6.45) is 0. The zero-order chi connectivity index (χ0) is 10.5. The van der Waals surface area contributed by atoms with Crippen molar-refractivity contribution in [1.82, 2.24) is 0 Å². The van der Waals surface area contributed by atoms with Gasteiger partial charge in [-0.3, -0.25) is 0 Å². The Morgan fingerprint density at radius 3 is 1.47 bits per heavy atom.